The first-order valence-electron chi connectivity index (χ1n) is 9.93. The second-order valence-corrected chi connectivity index (χ2v) is 7.88. The summed E-state index contributed by atoms with van der Waals surface area (Å²) < 4.78 is 17.0. The molecule has 3 aromatic rings. The van der Waals surface area contributed by atoms with Crippen molar-refractivity contribution in [2.24, 2.45) is 0 Å². The molecule has 1 amide bonds. The Hall–Kier alpha value is -3.58. The number of nitrogens with one attached hydrogen (secondary N) is 1. The summed E-state index contributed by atoms with van der Waals surface area (Å²) >= 11 is 3.45. The monoisotopic (exact) mass is 493 g/mol. The van der Waals surface area contributed by atoms with Gasteiger partial charge >= 0.3 is 5.97 Å². The standard InChI is InChI=1S/C25H20BrNO5/c1-30-25(29)21(27-24(28)18-8-11-22-17(15-18)12-13-31-22)14-16-6-9-19(10-7-16)32-23-5-3-2-4-20(23)26/h2-11,14-15H,12-13H2,1H3,(H,27,28)/b21-14-. The van der Waals surface area contributed by atoms with Crippen LogP contribution in [0.5, 0.6) is 17.2 Å². The van der Waals surface area contributed by atoms with Crippen molar-refractivity contribution in [2.75, 3.05) is 13.7 Å². The van der Waals surface area contributed by atoms with Crippen LogP contribution in [0.4, 0.5) is 0 Å². The lowest BCUT2D eigenvalue weighted by molar-refractivity contribution is -0.136. The molecule has 0 unspecified atom stereocenters. The van der Waals surface area contributed by atoms with Crippen molar-refractivity contribution in [1.82, 2.24) is 5.32 Å². The number of para-hydroxylation sites is 1. The molecule has 1 aliphatic rings. The maximum atomic E-state index is 12.7. The number of halogens is 1. The molecule has 0 atom stereocenters. The number of carbonyl (C=O) groups is 2. The van der Waals surface area contributed by atoms with Crippen molar-refractivity contribution in [1.29, 1.82) is 0 Å². The molecule has 1 heterocycles. The Morgan fingerprint density at radius 3 is 2.59 bits per heavy atom. The van der Waals surface area contributed by atoms with Gasteiger partial charge in [0.15, 0.2) is 0 Å². The van der Waals surface area contributed by atoms with Crippen molar-refractivity contribution in [3.63, 3.8) is 0 Å². The first kappa shape index (κ1) is 21.6. The van der Waals surface area contributed by atoms with Crippen LogP contribution < -0.4 is 14.8 Å². The van der Waals surface area contributed by atoms with E-state index in [0.717, 1.165) is 22.2 Å². The molecule has 0 saturated heterocycles. The summed E-state index contributed by atoms with van der Waals surface area (Å²) in [6.45, 7) is 0.606. The number of carbonyl (C=O) groups excluding carboxylic acids is 2. The second kappa shape index (κ2) is 9.70. The lowest BCUT2D eigenvalue weighted by Crippen LogP contribution is -2.28. The second-order valence-electron chi connectivity index (χ2n) is 7.03. The maximum Gasteiger partial charge on any atom is 0.354 e. The number of amides is 1. The van der Waals surface area contributed by atoms with Gasteiger partial charge in [-0.3, -0.25) is 4.79 Å². The van der Waals surface area contributed by atoms with Crippen LogP contribution in [0.25, 0.3) is 6.08 Å². The van der Waals surface area contributed by atoms with Gasteiger partial charge < -0.3 is 19.5 Å². The van der Waals surface area contributed by atoms with Crippen LogP contribution >= 0.6 is 15.9 Å². The summed E-state index contributed by atoms with van der Waals surface area (Å²) in [5.74, 6) is 1.08. The topological polar surface area (TPSA) is 73.9 Å². The number of methoxy groups -OCH3 is 1. The average molecular weight is 494 g/mol. The molecular formula is C25H20BrNO5. The third kappa shape index (κ3) is 5.00. The van der Waals surface area contributed by atoms with Crippen LogP contribution in [0.1, 0.15) is 21.5 Å². The third-order valence-corrected chi connectivity index (χ3v) is 5.52. The van der Waals surface area contributed by atoms with Gasteiger partial charge in [-0.05, 0) is 75.6 Å². The molecule has 0 saturated carbocycles. The Morgan fingerprint density at radius 2 is 1.84 bits per heavy atom. The van der Waals surface area contributed by atoms with Crippen LogP contribution in [0.15, 0.2) is 76.9 Å². The van der Waals surface area contributed by atoms with Gasteiger partial charge in [-0.2, -0.15) is 0 Å². The first-order valence-corrected chi connectivity index (χ1v) is 10.7. The van der Waals surface area contributed by atoms with Crippen LogP contribution in [-0.2, 0) is 16.0 Å². The lowest BCUT2D eigenvalue weighted by atomic mass is 10.1. The minimum atomic E-state index is -0.642. The van der Waals surface area contributed by atoms with E-state index < -0.39 is 11.9 Å². The maximum absolute atomic E-state index is 12.7. The summed E-state index contributed by atoms with van der Waals surface area (Å²) in [6.07, 6.45) is 2.31. The molecule has 32 heavy (non-hydrogen) atoms. The Labute approximate surface area is 193 Å². The molecule has 0 fully saturated rings. The van der Waals surface area contributed by atoms with Crippen molar-refractivity contribution in [2.45, 2.75) is 6.42 Å². The van der Waals surface area contributed by atoms with Gasteiger partial charge in [0.1, 0.15) is 22.9 Å². The zero-order valence-electron chi connectivity index (χ0n) is 17.3. The number of hydrogen-bond acceptors (Lipinski definition) is 5. The minimum Gasteiger partial charge on any atom is -0.493 e. The fourth-order valence-corrected chi connectivity index (χ4v) is 3.60. The van der Waals surface area contributed by atoms with Gasteiger partial charge in [-0.1, -0.05) is 24.3 Å². The van der Waals surface area contributed by atoms with E-state index in [1.54, 1.807) is 48.5 Å². The summed E-state index contributed by atoms with van der Waals surface area (Å²) in [6, 6.07) is 19.9. The number of rotatable bonds is 6. The lowest BCUT2D eigenvalue weighted by Gasteiger charge is -2.10. The van der Waals surface area contributed by atoms with Crippen molar-refractivity contribution in [3.05, 3.63) is 93.6 Å². The predicted octanol–water partition coefficient (Wildman–Crippen LogP) is 5.12. The van der Waals surface area contributed by atoms with Gasteiger partial charge in [0, 0.05) is 12.0 Å². The van der Waals surface area contributed by atoms with E-state index in [1.807, 2.05) is 24.3 Å². The zero-order chi connectivity index (χ0) is 22.5. The fourth-order valence-electron chi connectivity index (χ4n) is 3.23. The molecule has 0 aromatic heterocycles. The quantitative estimate of drug-likeness (QED) is 0.381. The Kier molecular flexibility index (Phi) is 6.56. The third-order valence-electron chi connectivity index (χ3n) is 4.86. The molecule has 0 aliphatic carbocycles. The predicted molar refractivity (Wildman–Crippen MR) is 124 cm³/mol. The van der Waals surface area contributed by atoms with Crippen LogP contribution in [0.3, 0.4) is 0 Å². The fraction of sp³-hybridized carbons (Fsp3) is 0.120. The van der Waals surface area contributed by atoms with Crippen LogP contribution in [0.2, 0.25) is 0 Å². The zero-order valence-corrected chi connectivity index (χ0v) is 18.8. The number of hydrogen-bond donors (Lipinski definition) is 1. The number of ether oxygens (including phenoxy) is 3. The van der Waals surface area contributed by atoms with Crippen molar-refractivity contribution >= 4 is 33.9 Å². The van der Waals surface area contributed by atoms with Crippen LogP contribution in [-0.4, -0.2) is 25.6 Å². The Bertz CT molecular complexity index is 1190. The van der Waals surface area contributed by atoms with E-state index >= 15 is 0 Å². The van der Waals surface area contributed by atoms with E-state index in [2.05, 4.69) is 21.2 Å². The highest BCUT2D eigenvalue weighted by Gasteiger charge is 2.18. The van der Waals surface area contributed by atoms with E-state index in [-0.39, 0.29) is 5.70 Å². The van der Waals surface area contributed by atoms with E-state index in [0.29, 0.717) is 29.2 Å². The van der Waals surface area contributed by atoms with Gasteiger partial charge in [-0.15, -0.1) is 0 Å². The number of benzene rings is 3. The molecule has 1 aliphatic heterocycles. The minimum absolute atomic E-state index is 0.0359. The number of esters is 1. The SMILES string of the molecule is COC(=O)/C(=C/c1ccc(Oc2ccccc2Br)cc1)NC(=O)c1ccc2c(c1)CCO2. The Balaban J connectivity index is 1.51. The van der Waals surface area contributed by atoms with Gasteiger partial charge in [0.2, 0.25) is 0 Å². The molecule has 0 radical (unpaired) electrons. The van der Waals surface area contributed by atoms with Gasteiger partial charge in [0.25, 0.3) is 5.91 Å². The molecule has 6 nitrogen and oxygen atoms in total. The van der Waals surface area contributed by atoms with E-state index in [4.69, 9.17) is 14.2 Å². The molecule has 3 aromatic carbocycles. The molecule has 0 spiro atoms. The summed E-state index contributed by atoms with van der Waals surface area (Å²) in [4.78, 5) is 25.0. The molecule has 162 valence electrons. The smallest absolute Gasteiger partial charge is 0.354 e. The molecule has 0 bridgehead atoms. The summed E-state index contributed by atoms with van der Waals surface area (Å²) in [7, 11) is 1.27. The number of fused-ring (bicyclic) bond motifs is 1. The molecule has 1 N–H and O–H groups in total. The highest BCUT2D eigenvalue weighted by Crippen LogP contribution is 2.29. The highest BCUT2D eigenvalue weighted by atomic mass is 79.9. The largest absolute Gasteiger partial charge is 0.493 e. The van der Waals surface area contributed by atoms with Crippen molar-refractivity contribution < 1.29 is 23.8 Å². The van der Waals surface area contributed by atoms with E-state index in [1.165, 1.54) is 7.11 Å². The van der Waals surface area contributed by atoms with Crippen LogP contribution in [0, 0.1) is 0 Å². The summed E-state index contributed by atoms with van der Waals surface area (Å²) in [5, 5.41) is 2.65. The molecule has 7 heteroatoms. The van der Waals surface area contributed by atoms with Gasteiger partial charge in [0.05, 0.1) is 18.2 Å². The molecule has 4 rings (SSSR count). The normalized spacial score (nSPS) is 12.5. The van der Waals surface area contributed by atoms with Crippen molar-refractivity contribution in [3.8, 4) is 17.2 Å². The average Bonchev–Trinajstić information content (AvgIpc) is 3.28. The summed E-state index contributed by atoms with van der Waals surface area (Å²) in [5.41, 5.74) is 2.16. The Morgan fingerprint density at radius 1 is 1.06 bits per heavy atom. The highest BCUT2D eigenvalue weighted by molar-refractivity contribution is 9.10. The van der Waals surface area contributed by atoms with E-state index in [9.17, 15) is 9.59 Å². The first-order chi connectivity index (χ1) is 15.5. The molecular weight excluding hydrogens is 474 g/mol. The van der Waals surface area contributed by atoms with Gasteiger partial charge in [-0.25, -0.2) is 4.79 Å².